The number of anilines is 1. The fourth-order valence-electron chi connectivity index (χ4n) is 4.77. The highest BCUT2D eigenvalue weighted by molar-refractivity contribution is 6.43. The predicted octanol–water partition coefficient (Wildman–Crippen LogP) is 3.29. The maximum atomic E-state index is 13.6. The second-order valence-electron chi connectivity index (χ2n) is 9.98. The Morgan fingerprint density at radius 3 is 2.34 bits per heavy atom. The number of amides is 3. The predicted molar refractivity (Wildman–Crippen MR) is 131 cm³/mol. The highest BCUT2D eigenvalue weighted by Crippen LogP contribution is 2.30. The van der Waals surface area contributed by atoms with Crippen LogP contribution in [0.3, 0.4) is 0 Å². The molecule has 188 valence electrons. The molecule has 35 heavy (non-hydrogen) atoms. The molecule has 0 bridgehead atoms. The number of hydrogen-bond acceptors (Lipinski definition) is 4. The van der Waals surface area contributed by atoms with Crippen molar-refractivity contribution in [1.29, 1.82) is 0 Å². The lowest BCUT2D eigenvalue weighted by Crippen LogP contribution is -2.57. The molecule has 1 aromatic carbocycles. The standard InChI is InChI=1S/C26H33FN4O4/c1-14-12-18(8-9-19(14)27)28-24(34)21-15(2)22(30(7)16(21)3)23(33)25(35)29-20-10-11-31(17(4)32)13-26(20,5)6/h8-9,12,20H,10-11,13H2,1-7H3,(H,28,34)(H,29,35)/t20-/m1/s1. The minimum absolute atomic E-state index is 0.0181. The Bertz CT molecular complexity index is 1210. The molecule has 0 aliphatic carbocycles. The van der Waals surface area contributed by atoms with Gasteiger partial charge in [-0.1, -0.05) is 13.8 Å². The van der Waals surface area contributed by atoms with E-state index < -0.39 is 23.0 Å². The van der Waals surface area contributed by atoms with Crippen LogP contribution in [-0.2, 0) is 16.6 Å². The van der Waals surface area contributed by atoms with E-state index >= 15 is 0 Å². The summed E-state index contributed by atoms with van der Waals surface area (Å²) in [5.74, 6) is -2.31. The topological polar surface area (TPSA) is 101 Å². The van der Waals surface area contributed by atoms with Crippen LogP contribution in [0, 0.1) is 32.0 Å². The maximum Gasteiger partial charge on any atom is 0.294 e. The number of Topliss-reactive ketones (excluding diaryl/α,β-unsaturated/α-hetero) is 1. The monoisotopic (exact) mass is 484 g/mol. The molecule has 0 radical (unpaired) electrons. The number of ketones is 1. The van der Waals surface area contributed by atoms with Crippen LogP contribution in [0.2, 0.25) is 0 Å². The zero-order chi connectivity index (χ0) is 26.2. The van der Waals surface area contributed by atoms with Crippen LogP contribution in [-0.4, -0.2) is 52.1 Å². The van der Waals surface area contributed by atoms with Gasteiger partial charge in [0.05, 0.1) is 11.3 Å². The Labute approximate surface area is 204 Å². The quantitative estimate of drug-likeness (QED) is 0.502. The summed E-state index contributed by atoms with van der Waals surface area (Å²) in [6, 6.07) is 3.99. The molecule has 0 unspecified atom stereocenters. The highest BCUT2D eigenvalue weighted by Gasteiger charge is 2.39. The van der Waals surface area contributed by atoms with Gasteiger partial charge in [-0.2, -0.15) is 0 Å². The van der Waals surface area contributed by atoms with Gasteiger partial charge in [0, 0.05) is 49.9 Å². The molecule has 3 rings (SSSR count). The maximum absolute atomic E-state index is 13.6. The number of halogens is 1. The van der Waals surface area contributed by atoms with E-state index in [4.69, 9.17) is 0 Å². The first-order valence-corrected chi connectivity index (χ1v) is 11.6. The van der Waals surface area contributed by atoms with Gasteiger partial charge in [-0.25, -0.2) is 4.39 Å². The lowest BCUT2D eigenvalue weighted by molar-refractivity contribution is -0.132. The number of aryl methyl sites for hydroxylation is 1. The molecule has 0 spiro atoms. The minimum atomic E-state index is -0.746. The summed E-state index contributed by atoms with van der Waals surface area (Å²) >= 11 is 0. The third-order valence-corrected chi connectivity index (χ3v) is 6.97. The summed E-state index contributed by atoms with van der Waals surface area (Å²) < 4.78 is 15.1. The lowest BCUT2D eigenvalue weighted by Gasteiger charge is -2.44. The van der Waals surface area contributed by atoms with Crippen molar-refractivity contribution in [3.8, 4) is 0 Å². The van der Waals surface area contributed by atoms with Crippen molar-refractivity contribution >= 4 is 29.2 Å². The SMILES string of the molecule is CC(=O)N1CC[C@@H](NC(=O)C(=O)c2c(C)c(C(=O)Nc3ccc(F)c(C)c3)c(C)n2C)C(C)(C)C1. The van der Waals surface area contributed by atoms with Gasteiger partial charge in [-0.05, 0) is 56.5 Å². The second-order valence-corrected chi connectivity index (χ2v) is 9.98. The van der Waals surface area contributed by atoms with Crippen LogP contribution in [0.1, 0.15) is 64.9 Å². The van der Waals surface area contributed by atoms with E-state index in [2.05, 4.69) is 10.6 Å². The average Bonchev–Trinajstić information content (AvgIpc) is 2.99. The van der Waals surface area contributed by atoms with Gasteiger partial charge in [0.25, 0.3) is 17.6 Å². The van der Waals surface area contributed by atoms with Crippen LogP contribution in [0.4, 0.5) is 10.1 Å². The van der Waals surface area contributed by atoms with E-state index in [0.29, 0.717) is 47.6 Å². The highest BCUT2D eigenvalue weighted by atomic mass is 19.1. The molecular formula is C26H33FN4O4. The van der Waals surface area contributed by atoms with Gasteiger partial charge in [-0.15, -0.1) is 0 Å². The van der Waals surface area contributed by atoms with E-state index in [1.165, 1.54) is 25.1 Å². The number of likely N-dealkylation sites (tertiary alicyclic amines) is 1. The number of hydrogen-bond donors (Lipinski definition) is 2. The fourth-order valence-corrected chi connectivity index (χ4v) is 4.77. The van der Waals surface area contributed by atoms with Crippen LogP contribution < -0.4 is 10.6 Å². The van der Waals surface area contributed by atoms with Crippen molar-refractivity contribution in [2.75, 3.05) is 18.4 Å². The molecule has 2 N–H and O–H groups in total. The number of nitrogens with zero attached hydrogens (tertiary/aromatic N) is 2. The van der Waals surface area contributed by atoms with Gasteiger partial charge in [-0.3, -0.25) is 19.2 Å². The van der Waals surface area contributed by atoms with Crippen molar-refractivity contribution in [2.45, 2.75) is 54.0 Å². The molecule has 1 aliphatic heterocycles. The number of piperidine rings is 1. The summed E-state index contributed by atoms with van der Waals surface area (Å²) in [7, 11) is 1.64. The van der Waals surface area contributed by atoms with E-state index in [0.717, 1.165) is 0 Å². The Kier molecular flexibility index (Phi) is 7.19. The first-order chi connectivity index (χ1) is 16.2. The number of nitrogens with one attached hydrogen (secondary N) is 2. The van der Waals surface area contributed by atoms with Crippen LogP contribution in [0.15, 0.2) is 18.2 Å². The van der Waals surface area contributed by atoms with Crippen LogP contribution in [0.5, 0.6) is 0 Å². The third-order valence-electron chi connectivity index (χ3n) is 6.97. The first kappa shape index (κ1) is 26.1. The van der Waals surface area contributed by atoms with Crippen LogP contribution in [0.25, 0.3) is 0 Å². The Hall–Kier alpha value is -3.49. The summed E-state index contributed by atoms with van der Waals surface area (Å²) in [6.45, 7) is 11.4. The van der Waals surface area contributed by atoms with Gasteiger partial charge in [0.1, 0.15) is 5.82 Å². The smallest absolute Gasteiger partial charge is 0.294 e. The van der Waals surface area contributed by atoms with Crippen molar-refractivity contribution in [2.24, 2.45) is 12.5 Å². The summed E-state index contributed by atoms with van der Waals surface area (Å²) in [5, 5.41) is 5.60. The van der Waals surface area contributed by atoms with Gasteiger partial charge >= 0.3 is 0 Å². The van der Waals surface area contributed by atoms with Crippen LogP contribution >= 0.6 is 0 Å². The summed E-state index contributed by atoms with van der Waals surface area (Å²) in [6.07, 6.45) is 0.543. The molecule has 0 saturated carbocycles. The van der Waals surface area contributed by atoms with Crippen molar-refractivity contribution in [3.05, 3.63) is 52.1 Å². The average molecular weight is 485 g/mol. The van der Waals surface area contributed by atoms with Crippen molar-refractivity contribution in [3.63, 3.8) is 0 Å². The molecule has 1 atom stereocenters. The zero-order valence-corrected chi connectivity index (χ0v) is 21.3. The van der Waals surface area contributed by atoms with E-state index in [-0.39, 0.29) is 23.5 Å². The van der Waals surface area contributed by atoms with Crippen molar-refractivity contribution in [1.82, 2.24) is 14.8 Å². The zero-order valence-electron chi connectivity index (χ0n) is 21.3. The Morgan fingerprint density at radius 1 is 1.11 bits per heavy atom. The molecule has 1 aliphatic rings. The number of carbonyl (C=O) groups is 4. The number of aromatic nitrogens is 1. The molecule has 2 aromatic rings. The number of carbonyl (C=O) groups excluding carboxylic acids is 4. The fraction of sp³-hybridized carbons (Fsp3) is 0.462. The first-order valence-electron chi connectivity index (χ1n) is 11.6. The van der Waals surface area contributed by atoms with Crippen molar-refractivity contribution < 1.29 is 23.6 Å². The van der Waals surface area contributed by atoms with E-state index in [1.54, 1.807) is 37.3 Å². The molecule has 1 saturated heterocycles. The van der Waals surface area contributed by atoms with Gasteiger partial charge in [0.2, 0.25) is 5.91 Å². The minimum Gasteiger partial charge on any atom is -0.346 e. The normalized spacial score (nSPS) is 17.1. The van der Waals surface area contributed by atoms with E-state index in [9.17, 15) is 23.6 Å². The lowest BCUT2D eigenvalue weighted by atomic mass is 9.79. The largest absolute Gasteiger partial charge is 0.346 e. The van der Waals surface area contributed by atoms with Gasteiger partial charge < -0.3 is 20.1 Å². The van der Waals surface area contributed by atoms with Gasteiger partial charge in [0.15, 0.2) is 0 Å². The molecular weight excluding hydrogens is 451 g/mol. The molecule has 8 nitrogen and oxygen atoms in total. The third kappa shape index (κ3) is 5.13. The molecule has 3 amide bonds. The molecule has 1 aromatic heterocycles. The van der Waals surface area contributed by atoms with E-state index in [1.807, 2.05) is 13.8 Å². The number of rotatable bonds is 5. The molecule has 1 fully saturated rings. The molecule has 2 heterocycles. The Balaban J connectivity index is 1.81. The summed E-state index contributed by atoms with van der Waals surface area (Å²) in [5.41, 5.74) is 1.78. The number of benzene rings is 1. The molecule has 9 heteroatoms. The Morgan fingerprint density at radius 2 is 1.77 bits per heavy atom. The summed E-state index contributed by atoms with van der Waals surface area (Å²) in [4.78, 5) is 52.7. The second kappa shape index (κ2) is 9.64.